The Morgan fingerprint density at radius 1 is 1.43 bits per heavy atom. The summed E-state index contributed by atoms with van der Waals surface area (Å²) < 4.78 is 1.86. The first-order valence-electron chi connectivity index (χ1n) is 4.41. The molecule has 72 valence electrons. The number of hydrogen-bond donors (Lipinski definition) is 1. The summed E-state index contributed by atoms with van der Waals surface area (Å²) in [7, 11) is 0. The lowest BCUT2D eigenvalue weighted by Crippen LogP contribution is -2.01. The van der Waals surface area contributed by atoms with Gasteiger partial charge in [-0.1, -0.05) is 0 Å². The molecule has 0 amide bonds. The van der Waals surface area contributed by atoms with Crippen molar-refractivity contribution >= 4 is 5.82 Å². The van der Waals surface area contributed by atoms with Gasteiger partial charge in [-0.3, -0.25) is 4.68 Å². The molecule has 0 aliphatic rings. The minimum Gasteiger partial charge on any atom is -0.384 e. The molecule has 0 atom stereocenters. The van der Waals surface area contributed by atoms with Gasteiger partial charge in [-0.15, -0.1) is 0 Å². The van der Waals surface area contributed by atoms with Crippen LogP contribution in [0.2, 0.25) is 0 Å². The molecular weight excluding hydrogens is 178 g/mol. The first-order chi connectivity index (χ1) is 6.81. The van der Waals surface area contributed by atoms with Gasteiger partial charge >= 0.3 is 0 Å². The molecule has 5 nitrogen and oxygen atoms in total. The molecule has 2 N–H and O–H groups in total. The van der Waals surface area contributed by atoms with Gasteiger partial charge in [0.1, 0.15) is 12.1 Å². The van der Waals surface area contributed by atoms with Crippen LogP contribution in [-0.2, 0) is 6.54 Å². The van der Waals surface area contributed by atoms with Crippen molar-refractivity contribution in [2.45, 2.75) is 13.5 Å². The van der Waals surface area contributed by atoms with Gasteiger partial charge in [0.05, 0.1) is 11.4 Å². The lowest BCUT2D eigenvalue weighted by atomic mass is 10.3. The molecule has 0 aliphatic heterocycles. The molecule has 2 heterocycles. The average molecular weight is 189 g/mol. The van der Waals surface area contributed by atoms with Crippen LogP contribution in [0.1, 0.15) is 6.92 Å². The summed E-state index contributed by atoms with van der Waals surface area (Å²) in [6.07, 6.45) is 3.20. The van der Waals surface area contributed by atoms with E-state index in [1.54, 1.807) is 12.3 Å². The largest absolute Gasteiger partial charge is 0.384 e. The van der Waals surface area contributed by atoms with Crippen molar-refractivity contribution < 1.29 is 0 Å². The minimum absolute atomic E-state index is 0.471. The number of aromatic nitrogens is 4. The fourth-order valence-electron chi connectivity index (χ4n) is 1.31. The molecule has 0 radical (unpaired) electrons. The van der Waals surface area contributed by atoms with Crippen molar-refractivity contribution in [2.75, 3.05) is 5.73 Å². The van der Waals surface area contributed by atoms with Crippen LogP contribution < -0.4 is 5.73 Å². The van der Waals surface area contributed by atoms with Crippen LogP contribution in [0.5, 0.6) is 0 Å². The molecule has 5 heteroatoms. The topological polar surface area (TPSA) is 69.6 Å². The minimum atomic E-state index is 0.471. The SMILES string of the molecule is CCn1nccc1-c1cc(N)ncn1. The summed E-state index contributed by atoms with van der Waals surface area (Å²) in [5.74, 6) is 0.471. The highest BCUT2D eigenvalue weighted by Crippen LogP contribution is 2.16. The molecule has 0 aliphatic carbocycles. The Labute approximate surface area is 81.6 Å². The molecule has 0 saturated carbocycles. The Hall–Kier alpha value is -1.91. The molecule has 0 fully saturated rings. The summed E-state index contributed by atoms with van der Waals surface area (Å²) in [6, 6.07) is 3.65. The number of nitrogens with zero attached hydrogens (tertiary/aromatic N) is 4. The van der Waals surface area contributed by atoms with Gasteiger partial charge in [0.25, 0.3) is 0 Å². The summed E-state index contributed by atoms with van der Waals surface area (Å²) >= 11 is 0. The Kier molecular flexibility index (Phi) is 2.14. The van der Waals surface area contributed by atoms with E-state index in [0.29, 0.717) is 5.82 Å². The smallest absolute Gasteiger partial charge is 0.127 e. The normalized spacial score (nSPS) is 10.4. The summed E-state index contributed by atoms with van der Waals surface area (Å²) in [6.45, 7) is 2.84. The first-order valence-corrected chi connectivity index (χ1v) is 4.41. The summed E-state index contributed by atoms with van der Waals surface area (Å²) in [4.78, 5) is 7.98. The van der Waals surface area contributed by atoms with E-state index in [9.17, 15) is 0 Å². The standard InChI is InChI=1S/C9H11N5/c1-2-14-8(3-4-13-14)7-5-9(10)12-6-11-7/h3-6H,2H2,1H3,(H2,10,11,12). The number of nitrogens with two attached hydrogens (primary N) is 1. The lowest BCUT2D eigenvalue weighted by molar-refractivity contribution is 0.665. The van der Waals surface area contributed by atoms with E-state index in [1.165, 1.54) is 6.33 Å². The average Bonchev–Trinajstić information content (AvgIpc) is 2.65. The Bertz CT molecular complexity index is 434. The zero-order chi connectivity index (χ0) is 9.97. The first kappa shape index (κ1) is 8.68. The van der Waals surface area contributed by atoms with Gasteiger partial charge in [-0.25, -0.2) is 9.97 Å². The maximum Gasteiger partial charge on any atom is 0.127 e. The molecule has 14 heavy (non-hydrogen) atoms. The number of hydrogen-bond acceptors (Lipinski definition) is 4. The molecule has 2 rings (SSSR count). The zero-order valence-electron chi connectivity index (χ0n) is 7.88. The van der Waals surface area contributed by atoms with Gasteiger partial charge < -0.3 is 5.73 Å². The second kappa shape index (κ2) is 3.45. The van der Waals surface area contributed by atoms with Crippen molar-refractivity contribution in [3.05, 3.63) is 24.7 Å². The summed E-state index contributed by atoms with van der Waals surface area (Å²) in [5, 5.41) is 4.16. The van der Waals surface area contributed by atoms with Crippen molar-refractivity contribution in [3.8, 4) is 11.4 Å². The van der Waals surface area contributed by atoms with Gasteiger partial charge in [-0.05, 0) is 13.0 Å². The zero-order valence-corrected chi connectivity index (χ0v) is 7.88. The summed E-state index contributed by atoms with van der Waals surface area (Å²) in [5.41, 5.74) is 7.34. The van der Waals surface area contributed by atoms with E-state index in [1.807, 2.05) is 17.7 Å². The number of rotatable bonds is 2. The van der Waals surface area contributed by atoms with Crippen LogP contribution in [0.4, 0.5) is 5.82 Å². The van der Waals surface area contributed by atoms with E-state index in [-0.39, 0.29) is 0 Å². The third-order valence-corrected chi connectivity index (χ3v) is 1.97. The highest BCUT2D eigenvalue weighted by Gasteiger charge is 2.05. The van der Waals surface area contributed by atoms with E-state index in [0.717, 1.165) is 17.9 Å². The molecule has 0 bridgehead atoms. The fourth-order valence-corrected chi connectivity index (χ4v) is 1.31. The predicted octanol–water partition coefficient (Wildman–Crippen LogP) is 0.942. The van der Waals surface area contributed by atoms with Crippen LogP contribution in [0.25, 0.3) is 11.4 Å². The Balaban J connectivity index is 2.49. The number of nitrogen functional groups attached to an aromatic ring is 1. The van der Waals surface area contributed by atoms with Gasteiger partial charge in [0.2, 0.25) is 0 Å². The maximum absolute atomic E-state index is 5.58. The van der Waals surface area contributed by atoms with E-state index in [4.69, 9.17) is 5.73 Å². The van der Waals surface area contributed by atoms with E-state index < -0.39 is 0 Å². The van der Waals surface area contributed by atoms with Crippen LogP contribution in [0.3, 0.4) is 0 Å². The molecular formula is C9H11N5. The third kappa shape index (κ3) is 1.44. The van der Waals surface area contributed by atoms with Crippen molar-refractivity contribution in [2.24, 2.45) is 0 Å². The Morgan fingerprint density at radius 3 is 3.00 bits per heavy atom. The van der Waals surface area contributed by atoms with E-state index in [2.05, 4.69) is 15.1 Å². The predicted molar refractivity (Wildman–Crippen MR) is 53.3 cm³/mol. The maximum atomic E-state index is 5.58. The van der Waals surface area contributed by atoms with Crippen molar-refractivity contribution in [3.63, 3.8) is 0 Å². The van der Waals surface area contributed by atoms with Crippen LogP contribution >= 0.6 is 0 Å². The molecule has 2 aromatic rings. The number of anilines is 1. The second-order valence-electron chi connectivity index (χ2n) is 2.86. The highest BCUT2D eigenvalue weighted by atomic mass is 15.3. The highest BCUT2D eigenvalue weighted by molar-refractivity contribution is 5.57. The molecule has 0 spiro atoms. The quantitative estimate of drug-likeness (QED) is 0.763. The fraction of sp³-hybridized carbons (Fsp3) is 0.222. The van der Waals surface area contributed by atoms with Crippen molar-refractivity contribution in [1.82, 2.24) is 19.7 Å². The molecule has 0 saturated heterocycles. The Morgan fingerprint density at radius 2 is 2.29 bits per heavy atom. The monoisotopic (exact) mass is 189 g/mol. The molecule has 2 aromatic heterocycles. The molecule has 0 unspecified atom stereocenters. The molecule has 0 aromatic carbocycles. The van der Waals surface area contributed by atoms with Gasteiger partial charge in [0, 0.05) is 18.8 Å². The van der Waals surface area contributed by atoms with Gasteiger partial charge in [-0.2, -0.15) is 5.10 Å². The van der Waals surface area contributed by atoms with Crippen LogP contribution in [0, 0.1) is 0 Å². The van der Waals surface area contributed by atoms with Gasteiger partial charge in [0.15, 0.2) is 0 Å². The van der Waals surface area contributed by atoms with Crippen molar-refractivity contribution in [1.29, 1.82) is 0 Å². The van der Waals surface area contributed by atoms with Crippen LogP contribution in [-0.4, -0.2) is 19.7 Å². The lowest BCUT2D eigenvalue weighted by Gasteiger charge is -2.03. The second-order valence-corrected chi connectivity index (χ2v) is 2.86. The number of aryl methyl sites for hydroxylation is 1. The third-order valence-electron chi connectivity index (χ3n) is 1.97. The van der Waals surface area contributed by atoms with E-state index >= 15 is 0 Å². The van der Waals surface area contributed by atoms with Crippen LogP contribution in [0.15, 0.2) is 24.7 Å².